The van der Waals surface area contributed by atoms with E-state index in [2.05, 4.69) is 5.32 Å². The first kappa shape index (κ1) is 24.9. The molecule has 2 heterocycles. The summed E-state index contributed by atoms with van der Waals surface area (Å²) in [6, 6.07) is 22.4. The number of fused-ring (bicyclic) bond motifs is 1. The monoisotopic (exact) mass is 527 g/mol. The third-order valence-electron chi connectivity index (χ3n) is 6.58. The maximum atomic E-state index is 13.7. The van der Waals surface area contributed by atoms with Gasteiger partial charge in [0.1, 0.15) is 10.9 Å². The molecular formula is C29H25N3O3S2. The summed E-state index contributed by atoms with van der Waals surface area (Å²) in [7, 11) is 0. The molecular weight excluding hydrogens is 502 g/mol. The van der Waals surface area contributed by atoms with Gasteiger partial charge in [0.25, 0.3) is 11.8 Å². The summed E-state index contributed by atoms with van der Waals surface area (Å²) < 4.78 is 0.403. The second-order valence-electron chi connectivity index (χ2n) is 9.11. The molecule has 0 aliphatic carbocycles. The first-order valence-electron chi connectivity index (χ1n) is 11.9. The Labute approximate surface area is 225 Å². The summed E-state index contributed by atoms with van der Waals surface area (Å²) >= 11 is 6.72. The van der Waals surface area contributed by atoms with Crippen LogP contribution < -0.4 is 10.2 Å². The first-order chi connectivity index (χ1) is 17.8. The molecule has 5 rings (SSSR count). The molecule has 0 aromatic heterocycles. The average molecular weight is 528 g/mol. The Bertz CT molecular complexity index is 1480. The van der Waals surface area contributed by atoms with Gasteiger partial charge in [0.2, 0.25) is 5.91 Å². The fourth-order valence-corrected chi connectivity index (χ4v) is 6.18. The predicted octanol–water partition coefficient (Wildman–Crippen LogP) is 5.62. The minimum atomic E-state index is -0.384. The summed E-state index contributed by atoms with van der Waals surface area (Å²) in [5.41, 5.74) is 5.20. The molecule has 0 saturated carbocycles. The predicted molar refractivity (Wildman–Crippen MR) is 152 cm³/mol. The van der Waals surface area contributed by atoms with Gasteiger partial charge in [-0.1, -0.05) is 90.2 Å². The number of hydrogen-bond acceptors (Lipinski definition) is 5. The number of carbonyl (C=O) groups is 3. The number of anilines is 2. The van der Waals surface area contributed by atoms with E-state index >= 15 is 0 Å². The molecule has 0 bridgehead atoms. The van der Waals surface area contributed by atoms with Crippen LogP contribution in [0.15, 0.2) is 77.7 Å². The second kappa shape index (κ2) is 9.95. The van der Waals surface area contributed by atoms with E-state index in [1.807, 2.05) is 81.4 Å². The molecule has 2 aliphatic rings. The van der Waals surface area contributed by atoms with Crippen molar-refractivity contribution >= 4 is 63.0 Å². The van der Waals surface area contributed by atoms with Crippen LogP contribution in [0.25, 0.3) is 5.57 Å². The average Bonchev–Trinajstić information content (AvgIpc) is 3.32. The number of benzene rings is 3. The highest BCUT2D eigenvalue weighted by Gasteiger charge is 2.43. The van der Waals surface area contributed by atoms with Gasteiger partial charge in [0.15, 0.2) is 0 Å². The molecule has 1 unspecified atom stereocenters. The second-order valence-corrected chi connectivity index (χ2v) is 10.8. The van der Waals surface area contributed by atoms with E-state index in [1.165, 1.54) is 4.90 Å². The number of thioether (sulfide) groups is 1. The molecule has 1 N–H and O–H groups in total. The molecule has 3 aromatic carbocycles. The Morgan fingerprint density at radius 3 is 2.41 bits per heavy atom. The van der Waals surface area contributed by atoms with Crippen molar-refractivity contribution in [3.8, 4) is 0 Å². The number of carbonyl (C=O) groups excluding carboxylic acids is 3. The van der Waals surface area contributed by atoms with Crippen LogP contribution in [0.5, 0.6) is 0 Å². The van der Waals surface area contributed by atoms with Crippen LogP contribution in [-0.2, 0) is 14.4 Å². The van der Waals surface area contributed by atoms with Gasteiger partial charge in [-0.3, -0.25) is 24.2 Å². The third-order valence-corrected chi connectivity index (χ3v) is 7.98. The number of para-hydroxylation sites is 1. The van der Waals surface area contributed by atoms with Gasteiger partial charge in [-0.25, -0.2) is 0 Å². The van der Waals surface area contributed by atoms with E-state index in [0.29, 0.717) is 26.2 Å². The summed E-state index contributed by atoms with van der Waals surface area (Å²) in [6.07, 6.45) is 0. The van der Waals surface area contributed by atoms with Crippen LogP contribution in [0, 0.1) is 13.8 Å². The number of rotatable bonds is 5. The number of thiocarbonyl (C=S) groups is 1. The number of nitrogens with zero attached hydrogens (tertiary/aromatic N) is 2. The Balaban J connectivity index is 1.45. The highest BCUT2D eigenvalue weighted by Crippen LogP contribution is 2.46. The lowest BCUT2D eigenvalue weighted by molar-refractivity contribution is -0.123. The lowest BCUT2D eigenvalue weighted by Gasteiger charge is -2.23. The van der Waals surface area contributed by atoms with E-state index in [4.69, 9.17) is 12.2 Å². The van der Waals surface area contributed by atoms with Crippen LogP contribution >= 0.6 is 24.0 Å². The zero-order valence-corrected chi connectivity index (χ0v) is 22.3. The van der Waals surface area contributed by atoms with Crippen LogP contribution in [-0.4, -0.2) is 33.5 Å². The smallest absolute Gasteiger partial charge is 0.267 e. The molecule has 1 atom stereocenters. The molecule has 6 nitrogen and oxygen atoms in total. The fraction of sp³-hybridized carbons (Fsp3) is 0.172. The van der Waals surface area contributed by atoms with Crippen LogP contribution in [0.4, 0.5) is 11.4 Å². The van der Waals surface area contributed by atoms with Crippen molar-refractivity contribution in [2.24, 2.45) is 0 Å². The minimum absolute atomic E-state index is 0.173. The summed E-state index contributed by atoms with van der Waals surface area (Å²) in [6.45, 7) is 5.66. The zero-order valence-electron chi connectivity index (χ0n) is 20.6. The Morgan fingerprint density at radius 2 is 1.68 bits per heavy atom. The molecule has 0 radical (unpaired) electrons. The maximum Gasteiger partial charge on any atom is 0.267 e. The van der Waals surface area contributed by atoms with E-state index in [-0.39, 0.29) is 35.9 Å². The van der Waals surface area contributed by atoms with Gasteiger partial charge in [0.05, 0.1) is 22.2 Å². The van der Waals surface area contributed by atoms with Crippen molar-refractivity contribution in [2.75, 3.05) is 16.8 Å². The van der Waals surface area contributed by atoms with Crippen molar-refractivity contribution in [2.45, 2.75) is 26.8 Å². The van der Waals surface area contributed by atoms with Crippen molar-refractivity contribution < 1.29 is 14.4 Å². The lowest BCUT2D eigenvalue weighted by Crippen LogP contribution is -2.36. The number of hydrogen-bond donors (Lipinski definition) is 1. The van der Waals surface area contributed by atoms with E-state index in [0.717, 1.165) is 28.5 Å². The third kappa shape index (κ3) is 4.58. The summed E-state index contributed by atoms with van der Waals surface area (Å²) in [5.74, 6) is -1.00. The fourth-order valence-electron chi connectivity index (χ4n) is 4.69. The van der Waals surface area contributed by atoms with Crippen molar-refractivity contribution in [1.82, 2.24) is 4.90 Å². The largest absolute Gasteiger partial charge is 0.324 e. The molecule has 2 aliphatic heterocycles. The summed E-state index contributed by atoms with van der Waals surface area (Å²) in [5, 5.41) is 2.91. The van der Waals surface area contributed by atoms with E-state index in [9.17, 15) is 14.4 Å². The van der Waals surface area contributed by atoms with Gasteiger partial charge in [-0.2, -0.15) is 0 Å². The molecule has 186 valence electrons. The highest BCUT2D eigenvalue weighted by molar-refractivity contribution is 8.26. The van der Waals surface area contributed by atoms with Gasteiger partial charge < -0.3 is 5.32 Å². The molecule has 3 aromatic rings. The standard InChI is InChI=1S/C29H25N3O3S2/c1-17-13-14-22(18(2)15-17)30-24(33)16-31-23-12-8-7-11-21(23)25(27(31)34)26-28(35)32(29(36)37-26)19(3)20-9-5-4-6-10-20/h4-15,19H,16H2,1-3H3,(H,30,33). The molecule has 0 spiro atoms. The molecule has 8 heteroatoms. The number of aryl methyl sites for hydroxylation is 2. The Hall–Kier alpha value is -3.75. The molecule has 1 fully saturated rings. The summed E-state index contributed by atoms with van der Waals surface area (Å²) in [4.78, 5) is 43.6. The van der Waals surface area contributed by atoms with Crippen LogP contribution in [0.1, 0.15) is 35.2 Å². The molecule has 37 heavy (non-hydrogen) atoms. The van der Waals surface area contributed by atoms with E-state index in [1.54, 1.807) is 17.0 Å². The SMILES string of the molecule is Cc1ccc(NC(=O)CN2C(=O)C(=C3SC(=S)N(C(C)c4ccccc4)C3=O)c3ccccc32)c(C)c1. The number of nitrogens with one attached hydrogen (secondary N) is 1. The first-order valence-corrected chi connectivity index (χ1v) is 13.1. The van der Waals surface area contributed by atoms with Gasteiger partial charge in [0, 0.05) is 11.3 Å². The normalized spacial score (nSPS) is 17.9. The number of amides is 3. The molecule has 1 saturated heterocycles. The van der Waals surface area contributed by atoms with Crippen LogP contribution in [0.3, 0.4) is 0 Å². The molecule has 3 amide bonds. The maximum absolute atomic E-state index is 13.7. The highest BCUT2D eigenvalue weighted by atomic mass is 32.2. The minimum Gasteiger partial charge on any atom is -0.324 e. The van der Waals surface area contributed by atoms with Gasteiger partial charge >= 0.3 is 0 Å². The Morgan fingerprint density at radius 1 is 0.973 bits per heavy atom. The topological polar surface area (TPSA) is 69.7 Å². The van der Waals surface area contributed by atoms with Gasteiger partial charge in [-0.15, -0.1) is 0 Å². The van der Waals surface area contributed by atoms with Gasteiger partial charge in [-0.05, 0) is 44.0 Å². The lowest BCUT2D eigenvalue weighted by atomic mass is 10.1. The van der Waals surface area contributed by atoms with Crippen molar-refractivity contribution in [1.29, 1.82) is 0 Å². The van der Waals surface area contributed by atoms with Crippen LogP contribution in [0.2, 0.25) is 0 Å². The Kier molecular flexibility index (Phi) is 6.70. The van der Waals surface area contributed by atoms with E-state index < -0.39 is 0 Å². The zero-order chi connectivity index (χ0) is 26.3. The van der Waals surface area contributed by atoms with Crippen molar-refractivity contribution in [3.05, 3.63) is 100.0 Å². The van der Waals surface area contributed by atoms with Crippen molar-refractivity contribution in [3.63, 3.8) is 0 Å². The quantitative estimate of drug-likeness (QED) is 0.345.